The van der Waals surface area contributed by atoms with Gasteiger partial charge in [-0.2, -0.15) is 4.98 Å². The number of carbonyl (C=O) groups excluding carboxylic acids is 2. The fourth-order valence-electron chi connectivity index (χ4n) is 7.40. The Kier molecular flexibility index (Phi) is 8.51. The van der Waals surface area contributed by atoms with E-state index in [0.29, 0.717) is 29.0 Å². The van der Waals surface area contributed by atoms with Crippen molar-refractivity contribution in [2.75, 3.05) is 42.4 Å². The predicted molar refractivity (Wildman–Crippen MR) is 165 cm³/mol. The second kappa shape index (κ2) is 12.5. The van der Waals surface area contributed by atoms with Crippen molar-refractivity contribution in [3.05, 3.63) is 30.0 Å². The molecule has 1 aromatic carbocycles. The fourth-order valence-corrected chi connectivity index (χ4v) is 7.40. The van der Waals surface area contributed by atoms with E-state index in [9.17, 15) is 9.59 Å². The number of piperidine rings is 1. The Morgan fingerprint density at radius 3 is 2.60 bits per heavy atom. The van der Waals surface area contributed by atoms with Crippen LogP contribution in [0.3, 0.4) is 0 Å². The normalized spacial score (nSPS) is 24.7. The number of aromatic nitrogens is 2. The maximum Gasteiger partial charge on any atom is 0.251 e. The Morgan fingerprint density at radius 2 is 1.88 bits per heavy atom. The zero-order chi connectivity index (χ0) is 29.2. The molecule has 0 bridgehead atoms. The maximum absolute atomic E-state index is 13.2. The SMILES string of the molecule is CC[C@@H]1C(=O)N(C)c2cnc(Nc3ccc(C(=O)NC4CC(CC5CCNCC5)C4)cc3OC)nc2N1C1CCCC1. The van der Waals surface area contributed by atoms with Crippen molar-refractivity contribution >= 4 is 35.0 Å². The summed E-state index contributed by atoms with van der Waals surface area (Å²) in [5.74, 6) is 3.36. The summed E-state index contributed by atoms with van der Waals surface area (Å²) in [4.78, 5) is 39.6. The number of nitrogens with one attached hydrogen (secondary N) is 3. The van der Waals surface area contributed by atoms with Crippen molar-refractivity contribution in [1.82, 2.24) is 20.6 Å². The van der Waals surface area contributed by atoms with Crippen LogP contribution in [0.25, 0.3) is 0 Å². The van der Waals surface area contributed by atoms with Crippen molar-refractivity contribution in [2.45, 2.75) is 89.3 Å². The molecule has 2 saturated carbocycles. The van der Waals surface area contributed by atoms with Gasteiger partial charge in [0.2, 0.25) is 11.9 Å². The van der Waals surface area contributed by atoms with E-state index in [1.165, 1.54) is 32.1 Å². The van der Waals surface area contributed by atoms with Gasteiger partial charge in [0, 0.05) is 24.7 Å². The first kappa shape index (κ1) is 28.7. The second-order valence-electron chi connectivity index (χ2n) is 12.5. The minimum Gasteiger partial charge on any atom is -0.495 e. The smallest absolute Gasteiger partial charge is 0.251 e. The largest absolute Gasteiger partial charge is 0.495 e. The number of ether oxygens (including phenoxy) is 1. The molecule has 1 atom stereocenters. The fraction of sp³-hybridized carbons (Fsp3) is 0.625. The minimum atomic E-state index is -0.226. The van der Waals surface area contributed by atoms with Gasteiger partial charge in [-0.3, -0.25) is 9.59 Å². The van der Waals surface area contributed by atoms with Gasteiger partial charge < -0.3 is 30.5 Å². The molecule has 2 aromatic rings. The molecule has 2 aliphatic heterocycles. The van der Waals surface area contributed by atoms with E-state index >= 15 is 0 Å². The molecule has 1 aromatic heterocycles. The molecule has 10 nitrogen and oxygen atoms in total. The first-order valence-electron chi connectivity index (χ1n) is 15.8. The first-order valence-corrected chi connectivity index (χ1v) is 15.8. The van der Waals surface area contributed by atoms with Gasteiger partial charge in [0.1, 0.15) is 17.5 Å². The Morgan fingerprint density at radius 1 is 1.12 bits per heavy atom. The van der Waals surface area contributed by atoms with Crippen LogP contribution in [0.4, 0.5) is 23.1 Å². The highest BCUT2D eigenvalue weighted by Crippen LogP contribution is 2.40. The van der Waals surface area contributed by atoms with Crippen molar-refractivity contribution in [1.29, 1.82) is 0 Å². The third-order valence-corrected chi connectivity index (χ3v) is 9.82. The van der Waals surface area contributed by atoms with E-state index in [-0.39, 0.29) is 23.9 Å². The first-order chi connectivity index (χ1) is 20.4. The summed E-state index contributed by atoms with van der Waals surface area (Å²) >= 11 is 0. The van der Waals surface area contributed by atoms with Crippen LogP contribution in [0.2, 0.25) is 0 Å². The number of fused-ring (bicyclic) bond motifs is 1. The summed E-state index contributed by atoms with van der Waals surface area (Å²) < 4.78 is 5.67. The number of anilines is 4. The van der Waals surface area contributed by atoms with Crippen molar-refractivity contribution in [3.8, 4) is 5.75 Å². The van der Waals surface area contributed by atoms with E-state index in [4.69, 9.17) is 9.72 Å². The zero-order valence-corrected chi connectivity index (χ0v) is 25.2. The summed E-state index contributed by atoms with van der Waals surface area (Å²) in [6, 6.07) is 5.75. The molecule has 3 heterocycles. The Hall–Kier alpha value is -3.40. The molecule has 226 valence electrons. The number of amides is 2. The van der Waals surface area contributed by atoms with Gasteiger partial charge in [-0.1, -0.05) is 19.8 Å². The van der Waals surface area contributed by atoms with Crippen LogP contribution in [0, 0.1) is 11.8 Å². The lowest BCUT2D eigenvalue weighted by Crippen LogP contribution is -2.55. The van der Waals surface area contributed by atoms with Crippen molar-refractivity contribution < 1.29 is 14.3 Å². The quantitative estimate of drug-likeness (QED) is 0.397. The van der Waals surface area contributed by atoms with Crippen molar-refractivity contribution in [2.24, 2.45) is 11.8 Å². The summed E-state index contributed by atoms with van der Waals surface area (Å²) in [6.45, 7) is 4.34. The van der Waals surface area contributed by atoms with Gasteiger partial charge in [0.25, 0.3) is 5.91 Å². The summed E-state index contributed by atoms with van der Waals surface area (Å²) in [7, 11) is 3.40. The van der Waals surface area contributed by atoms with Crippen molar-refractivity contribution in [3.63, 3.8) is 0 Å². The molecule has 42 heavy (non-hydrogen) atoms. The Balaban J connectivity index is 1.13. The molecule has 1 saturated heterocycles. The third-order valence-electron chi connectivity index (χ3n) is 9.82. The highest BCUT2D eigenvalue weighted by atomic mass is 16.5. The van der Waals surface area contributed by atoms with Gasteiger partial charge in [-0.25, -0.2) is 4.98 Å². The number of rotatable bonds is 9. The number of nitrogens with zero attached hydrogens (tertiary/aromatic N) is 4. The Bertz CT molecular complexity index is 1280. The van der Waals surface area contributed by atoms with Crippen LogP contribution in [-0.2, 0) is 4.79 Å². The monoisotopic (exact) mass is 575 g/mol. The van der Waals surface area contributed by atoms with Gasteiger partial charge >= 0.3 is 0 Å². The third kappa shape index (κ3) is 5.78. The summed E-state index contributed by atoms with van der Waals surface area (Å²) in [5.41, 5.74) is 1.98. The number of carbonyl (C=O) groups is 2. The van der Waals surface area contributed by atoms with Crippen LogP contribution in [0.15, 0.2) is 24.4 Å². The predicted octanol–water partition coefficient (Wildman–Crippen LogP) is 4.63. The molecule has 10 heteroatoms. The zero-order valence-electron chi connectivity index (χ0n) is 25.2. The molecule has 0 radical (unpaired) electrons. The lowest BCUT2D eigenvalue weighted by molar-refractivity contribution is -0.120. The van der Waals surface area contributed by atoms with E-state index < -0.39 is 0 Å². The molecule has 6 rings (SSSR count). The van der Waals surface area contributed by atoms with Crippen LogP contribution in [0.1, 0.15) is 81.5 Å². The number of methoxy groups -OCH3 is 1. The summed E-state index contributed by atoms with van der Waals surface area (Å²) in [5, 5.41) is 9.96. The average molecular weight is 576 g/mol. The van der Waals surface area contributed by atoms with Gasteiger partial charge in [-0.05, 0) is 94.5 Å². The number of likely N-dealkylation sites (N-methyl/N-ethyl adjacent to an activating group) is 1. The molecule has 4 aliphatic rings. The molecule has 0 unspecified atom stereocenters. The second-order valence-corrected chi connectivity index (χ2v) is 12.5. The van der Waals surface area contributed by atoms with E-state index in [0.717, 1.165) is 68.5 Å². The maximum atomic E-state index is 13.2. The molecule has 2 amide bonds. The minimum absolute atomic E-state index is 0.0688. The molecule has 2 aliphatic carbocycles. The van der Waals surface area contributed by atoms with Gasteiger partial charge in [-0.15, -0.1) is 0 Å². The highest BCUT2D eigenvalue weighted by molar-refractivity contribution is 6.04. The van der Waals surface area contributed by atoms with Gasteiger partial charge in [0.15, 0.2) is 5.82 Å². The molecular weight excluding hydrogens is 530 g/mol. The standard InChI is InChI=1S/C32H45N7O3/c1-4-26-31(41)38(2)27-19-34-32(37-29(27)39(26)24-7-5-6-8-24)36-25-10-9-22(18-28(25)42-3)30(40)35-23-16-21(17-23)15-20-11-13-33-14-12-20/h9-10,18-21,23-24,26,33H,4-8,11-17H2,1-3H3,(H,35,40)(H,34,36,37)/t21?,23?,26-/m1/s1. The highest BCUT2D eigenvalue weighted by Gasteiger charge is 2.41. The van der Waals surface area contributed by atoms with E-state index in [2.05, 4.69) is 32.8 Å². The van der Waals surface area contributed by atoms with Crippen LogP contribution in [0.5, 0.6) is 5.75 Å². The molecule has 3 fully saturated rings. The molecule has 0 spiro atoms. The number of hydrogen-bond acceptors (Lipinski definition) is 8. The number of benzene rings is 1. The average Bonchev–Trinajstić information content (AvgIpc) is 3.53. The van der Waals surface area contributed by atoms with Crippen LogP contribution < -0.4 is 30.5 Å². The van der Waals surface area contributed by atoms with Crippen LogP contribution >= 0.6 is 0 Å². The molecule has 3 N–H and O–H groups in total. The topological polar surface area (TPSA) is 112 Å². The summed E-state index contributed by atoms with van der Waals surface area (Å²) in [6.07, 6.45) is 12.9. The lowest BCUT2D eigenvalue weighted by atomic mass is 9.73. The van der Waals surface area contributed by atoms with Crippen LogP contribution in [-0.4, -0.2) is 67.2 Å². The van der Waals surface area contributed by atoms with E-state index in [1.807, 2.05) is 12.1 Å². The Labute approximate surface area is 249 Å². The molecular formula is C32H45N7O3. The number of hydrogen-bond donors (Lipinski definition) is 3. The van der Waals surface area contributed by atoms with Gasteiger partial charge in [0.05, 0.1) is 19.0 Å². The lowest BCUT2D eigenvalue weighted by Gasteiger charge is -2.43. The van der Waals surface area contributed by atoms with E-state index in [1.54, 1.807) is 31.3 Å².